The van der Waals surface area contributed by atoms with Gasteiger partial charge in [-0.1, -0.05) is 176 Å². The molecule has 0 unspecified atom stereocenters. The molecule has 2 aromatic heterocycles. The molecule has 0 aliphatic rings. The van der Waals surface area contributed by atoms with Crippen molar-refractivity contribution in [3.05, 3.63) is 224 Å². The standard InChI is InChI=1S/C53H37N3/c1-5-14-38(15-6-1)40-24-30-46(31-25-40)55(47-32-26-41(27-33-47)39-16-7-2-8-17-39)48-34-28-42(29-35-48)49-23-13-22-45-36-51(44-20-11-4-12-21-44)56-52(53(45)49)37-50(54-56)43-18-9-3-10-19-43/h1-37H. The van der Waals surface area contributed by atoms with E-state index in [9.17, 15) is 0 Å². The van der Waals surface area contributed by atoms with Crippen LogP contribution in [0.4, 0.5) is 17.1 Å². The molecule has 0 aliphatic heterocycles. The maximum Gasteiger partial charge on any atom is 0.0934 e. The zero-order valence-corrected chi connectivity index (χ0v) is 30.7. The summed E-state index contributed by atoms with van der Waals surface area (Å²) in [5.74, 6) is 0. The highest BCUT2D eigenvalue weighted by atomic mass is 15.2. The molecule has 3 heteroatoms. The summed E-state index contributed by atoms with van der Waals surface area (Å²) in [5, 5.41) is 7.57. The first-order valence-corrected chi connectivity index (χ1v) is 19.0. The first kappa shape index (κ1) is 33.1. The third-order valence-corrected chi connectivity index (χ3v) is 10.6. The van der Waals surface area contributed by atoms with E-state index in [-0.39, 0.29) is 0 Å². The highest BCUT2D eigenvalue weighted by Crippen LogP contribution is 2.40. The molecule has 0 bridgehead atoms. The molecule has 10 rings (SSSR count). The number of rotatable bonds is 8. The van der Waals surface area contributed by atoms with Crippen LogP contribution in [0.5, 0.6) is 0 Å². The lowest BCUT2D eigenvalue weighted by molar-refractivity contribution is 0.980. The number of nitrogens with zero attached hydrogens (tertiary/aromatic N) is 3. The maximum atomic E-state index is 5.21. The van der Waals surface area contributed by atoms with Gasteiger partial charge in [-0.2, -0.15) is 5.10 Å². The lowest BCUT2D eigenvalue weighted by Crippen LogP contribution is -2.09. The fourth-order valence-corrected chi connectivity index (χ4v) is 7.84. The summed E-state index contributed by atoms with van der Waals surface area (Å²) in [5.41, 5.74) is 15.7. The van der Waals surface area contributed by atoms with E-state index in [1.807, 2.05) is 6.07 Å². The van der Waals surface area contributed by atoms with E-state index in [1.165, 1.54) is 38.6 Å². The number of hydrogen-bond donors (Lipinski definition) is 0. The van der Waals surface area contributed by atoms with Crippen LogP contribution in [0, 0.1) is 0 Å². The number of pyridine rings is 1. The van der Waals surface area contributed by atoms with E-state index < -0.39 is 0 Å². The van der Waals surface area contributed by atoms with Crippen molar-refractivity contribution in [1.29, 1.82) is 0 Å². The summed E-state index contributed by atoms with van der Waals surface area (Å²) in [6, 6.07) is 79.9. The molecule has 2 heterocycles. The van der Waals surface area contributed by atoms with Gasteiger partial charge in [-0.3, -0.25) is 0 Å². The Bertz CT molecular complexity index is 2820. The third kappa shape index (κ3) is 6.21. The fourth-order valence-electron chi connectivity index (χ4n) is 7.84. The average molecular weight is 716 g/mol. The van der Waals surface area contributed by atoms with Gasteiger partial charge < -0.3 is 4.90 Å². The molecule has 56 heavy (non-hydrogen) atoms. The van der Waals surface area contributed by atoms with Crippen LogP contribution < -0.4 is 4.90 Å². The summed E-state index contributed by atoms with van der Waals surface area (Å²) in [6.45, 7) is 0. The molecule has 0 saturated heterocycles. The number of fused-ring (bicyclic) bond motifs is 3. The molecule has 0 atom stereocenters. The van der Waals surface area contributed by atoms with E-state index in [0.717, 1.165) is 50.7 Å². The quantitative estimate of drug-likeness (QED) is 0.156. The molecule has 8 aromatic carbocycles. The Morgan fingerprint density at radius 3 is 1.27 bits per heavy atom. The molecular weight excluding hydrogens is 679 g/mol. The zero-order chi connectivity index (χ0) is 37.3. The molecule has 10 aromatic rings. The number of benzene rings is 8. The van der Waals surface area contributed by atoms with Crippen molar-refractivity contribution in [2.45, 2.75) is 0 Å². The molecule has 0 N–H and O–H groups in total. The minimum atomic E-state index is 0.952. The lowest BCUT2D eigenvalue weighted by Gasteiger charge is -2.26. The second-order valence-electron chi connectivity index (χ2n) is 14.1. The molecule has 3 nitrogen and oxygen atoms in total. The highest BCUT2D eigenvalue weighted by molar-refractivity contribution is 6.08. The van der Waals surface area contributed by atoms with Crippen molar-refractivity contribution < 1.29 is 0 Å². The number of hydrogen-bond acceptors (Lipinski definition) is 2. The van der Waals surface area contributed by atoms with Crippen LogP contribution in [-0.2, 0) is 0 Å². The fraction of sp³-hybridized carbons (Fsp3) is 0. The van der Waals surface area contributed by atoms with Crippen molar-refractivity contribution in [3.8, 4) is 55.9 Å². The maximum absolute atomic E-state index is 5.21. The van der Waals surface area contributed by atoms with E-state index >= 15 is 0 Å². The van der Waals surface area contributed by atoms with Gasteiger partial charge in [0.2, 0.25) is 0 Å². The van der Waals surface area contributed by atoms with Crippen molar-refractivity contribution >= 4 is 33.4 Å². The van der Waals surface area contributed by atoms with E-state index in [4.69, 9.17) is 5.10 Å². The van der Waals surface area contributed by atoms with Gasteiger partial charge in [-0.15, -0.1) is 0 Å². The van der Waals surface area contributed by atoms with Gasteiger partial charge in [-0.05, 0) is 87.3 Å². The summed E-state index contributed by atoms with van der Waals surface area (Å²) in [7, 11) is 0. The van der Waals surface area contributed by atoms with Crippen LogP contribution in [0.25, 0.3) is 72.2 Å². The van der Waals surface area contributed by atoms with Crippen LogP contribution in [0.3, 0.4) is 0 Å². The van der Waals surface area contributed by atoms with Crippen molar-refractivity contribution in [1.82, 2.24) is 9.61 Å². The van der Waals surface area contributed by atoms with Crippen LogP contribution in [0.2, 0.25) is 0 Å². The molecule has 0 amide bonds. The van der Waals surface area contributed by atoms with Crippen molar-refractivity contribution in [2.75, 3.05) is 4.90 Å². The molecule has 0 fully saturated rings. The van der Waals surface area contributed by atoms with Gasteiger partial charge in [-0.25, -0.2) is 4.52 Å². The Kier molecular flexibility index (Phi) is 8.51. The van der Waals surface area contributed by atoms with Crippen LogP contribution in [0.15, 0.2) is 224 Å². The van der Waals surface area contributed by atoms with Crippen LogP contribution in [0.1, 0.15) is 0 Å². The summed E-state index contributed by atoms with van der Waals surface area (Å²) >= 11 is 0. The zero-order valence-electron chi connectivity index (χ0n) is 30.7. The molecule has 264 valence electrons. The summed E-state index contributed by atoms with van der Waals surface area (Å²) in [4.78, 5) is 2.34. The Morgan fingerprint density at radius 1 is 0.339 bits per heavy atom. The Labute approximate surface area is 327 Å². The highest BCUT2D eigenvalue weighted by Gasteiger charge is 2.18. The van der Waals surface area contributed by atoms with Gasteiger partial charge in [0.1, 0.15) is 0 Å². The first-order chi connectivity index (χ1) is 27.8. The second kappa shape index (κ2) is 14.4. The number of aromatic nitrogens is 2. The lowest BCUT2D eigenvalue weighted by atomic mass is 9.96. The van der Waals surface area contributed by atoms with Crippen LogP contribution >= 0.6 is 0 Å². The summed E-state index contributed by atoms with van der Waals surface area (Å²) in [6.07, 6.45) is 0. The minimum Gasteiger partial charge on any atom is -0.311 e. The van der Waals surface area contributed by atoms with E-state index in [0.29, 0.717) is 0 Å². The SMILES string of the molecule is c1ccc(-c2ccc(N(c3ccc(-c4ccccc4)cc3)c3ccc(-c4cccc5cc(-c6ccccc6)n6nc(-c7ccccc7)cc6c45)cc3)cc2)cc1. The normalized spacial score (nSPS) is 11.2. The average Bonchev–Trinajstić information content (AvgIpc) is 3.74. The molecular formula is C53H37N3. The Balaban J connectivity index is 1.09. The monoisotopic (exact) mass is 715 g/mol. The molecule has 0 aliphatic carbocycles. The van der Waals surface area contributed by atoms with Gasteiger partial charge in [0, 0.05) is 33.6 Å². The molecule has 0 radical (unpaired) electrons. The van der Waals surface area contributed by atoms with Gasteiger partial charge >= 0.3 is 0 Å². The van der Waals surface area contributed by atoms with Crippen LogP contribution in [-0.4, -0.2) is 9.61 Å². The topological polar surface area (TPSA) is 20.5 Å². The Hall–Kier alpha value is -7.49. The van der Waals surface area contributed by atoms with E-state index in [2.05, 4.69) is 228 Å². The second-order valence-corrected chi connectivity index (χ2v) is 14.1. The van der Waals surface area contributed by atoms with Gasteiger partial charge in [0.15, 0.2) is 0 Å². The third-order valence-electron chi connectivity index (χ3n) is 10.6. The van der Waals surface area contributed by atoms with Gasteiger partial charge in [0.05, 0.1) is 16.9 Å². The van der Waals surface area contributed by atoms with E-state index in [1.54, 1.807) is 0 Å². The van der Waals surface area contributed by atoms with Gasteiger partial charge in [0.25, 0.3) is 0 Å². The minimum absolute atomic E-state index is 0.952. The predicted octanol–water partition coefficient (Wildman–Crippen LogP) is 14.3. The van der Waals surface area contributed by atoms with Crippen molar-refractivity contribution in [3.63, 3.8) is 0 Å². The molecule has 0 saturated carbocycles. The predicted molar refractivity (Wildman–Crippen MR) is 235 cm³/mol. The first-order valence-electron chi connectivity index (χ1n) is 19.0. The van der Waals surface area contributed by atoms with Crippen molar-refractivity contribution in [2.24, 2.45) is 0 Å². The largest absolute Gasteiger partial charge is 0.311 e. The Morgan fingerprint density at radius 2 is 0.768 bits per heavy atom. The number of anilines is 3. The smallest absolute Gasteiger partial charge is 0.0934 e. The summed E-state index contributed by atoms with van der Waals surface area (Å²) < 4.78 is 2.12. The molecule has 0 spiro atoms.